The minimum Gasteiger partial charge on any atom is -0.336 e. The third-order valence-corrected chi connectivity index (χ3v) is 3.69. The van der Waals surface area contributed by atoms with E-state index in [9.17, 15) is 18.0 Å². The second kappa shape index (κ2) is 6.96. The lowest BCUT2D eigenvalue weighted by Gasteiger charge is -2.18. The summed E-state index contributed by atoms with van der Waals surface area (Å²) in [6.45, 7) is 2.35. The van der Waals surface area contributed by atoms with E-state index in [-0.39, 0.29) is 12.4 Å². The molecule has 2 amide bonds. The van der Waals surface area contributed by atoms with Crippen LogP contribution < -0.4 is 5.32 Å². The van der Waals surface area contributed by atoms with Crippen LogP contribution >= 0.6 is 11.3 Å². The summed E-state index contributed by atoms with van der Waals surface area (Å²) in [6, 6.07) is 2.79. The zero-order chi connectivity index (χ0) is 17.0. The molecule has 0 aromatic carbocycles. The molecule has 0 aliphatic heterocycles. The van der Waals surface area contributed by atoms with E-state index in [0.29, 0.717) is 16.3 Å². The van der Waals surface area contributed by atoms with Crippen molar-refractivity contribution in [1.29, 1.82) is 0 Å². The van der Waals surface area contributed by atoms with Crippen LogP contribution in [-0.4, -0.2) is 34.9 Å². The normalized spacial score (nSPS) is 11.5. The lowest BCUT2D eigenvalue weighted by Crippen LogP contribution is -2.38. The van der Waals surface area contributed by atoms with Crippen LogP contribution in [0.1, 0.15) is 17.7 Å². The predicted molar refractivity (Wildman–Crippen MR) is 74.2 cm³/mol. The summed E-state index contributed by atoms with van der Waals surface area (Å²) in [4.78, 5) is 21.1. The molecule has 0 aliphatic rings. The van der Waals surface area contributed by atoms with E-state index in [1.54, 1.807) is 19.1 Å². The van der Waals surface area contributed by atoms with E-state index >= 15 is 0 Å². The lowest BCUT2D eigenvalue weighted by atomic mass is 10.4. The number of rotatable bonds is 5. The van der Waals surface area contributed by atoms with E-state index in [1.807, 2.05) is 0 Å². The summed E-state index contributed by atoms with van der Waals surface area (Å²) < 4.78 is 41.5. The topological polar surface area (TPSA) is 80.5 Å². The monoisotopic (exact) mass is 350 g/mol. The molecule has 0 spiro atoms. The molecule has 23 heavy (non-hydrogen) atoms. The molecule has 0 radical (unpaired) electrons. The molecule has 2 heterocycles. The van der Waals surface area contributed by atoms with Gasteiger partial charge in [0.15, 0.2) is 0 Å². The Morgan fingerprint density at radius 2 is 2.22 bits per heavy atom. The van der Waals surface area contributed by atoms with Crippen molar-refractivity contribution in [3.05, 3.63) is 22.9 Å². The average Bonchev–Trinajstić information content (AvgIpc) is 3.13. The molecular formula is C12H13F3N4O3S. The minimum atomic E-state index is -4.68. The third kappa shape index (κ3) is 4.20. The van der Waals surface area contributed by atoms with E-state index in [1.165, 1.54) is 7.11 Å². The summed E-state index contributed by atoms with van der Waals surface area (Å²) >= 11 is 1.14. The number of aromatic nitrogens is 2. The van der Waals surface area contributed by atoms with Crippen LogP contribution in [-0.2, 0) is 17.6 Å². The molecule has 7 nitrogen and oxygen atoms in total. The van der Waals surface area contributed by atoms with Gasteiger partial charge in [-0.25, -0.2) is 4.79 Å². The molecule has 0 aliphatic carbocycles. The third-order valence-electron chi connectivity index (χ3n) is 2.62. The largest absolute Gasteiger partial charge is 0.471 e. The number of alkyl halides is 3. The van der Waals surface area contributed by atoms with Gasteiger partial charge < -0.3 is 9.84 Å². The number of urea groups is 1. The Morgan fingerprint density at radius 1 is 1.48 bits per heavy atom. The molecular weight excluding hydrogens is 337 g/mol. The molecule has 0 fully saturated rings. The summed E-state index contributed by atoms with van der Waals surface area (Å²) in [5.41, 5.74) is 0. The van der Waals surface area contributed by atoms with Gasteiger partial charge in [0.1, 0.15) is 0 Å². The van der Waals surface area contributed by atoms with Crippen molar-refractivity contribution in [3.8, 4) is 10.7 Å². The summed E-state index contributed by atoms with van der Waals surface area (Å²) in [5.74, 6) is -1.56. The van der Waals surface area contributed by atoms with Gasteiger partial charge >= 0.3 is 18.1 Å². The van der Waals surface area contributed by atoms with Gasteiger partial charge in [-0.1, -0.05) is 5.16 Å². The Kier molecular flexibility index (Phi) is 5.21. The lowest BCUT2D eigenvalue weighted by molar-refractivity contribution is -0.159. The van der Waals surface area contributed by atoms with E-state index in [0.717, 1.165) is 16.4 Å². The molecule has 0 unspecified atom stereocenters. The first-order chi connectivity index (χ1) is 10.8. The number of carbonyl (C=O) groups is 1. The maximum atomic E-state index is 12.4. The second-order valence-corrected chi connectivity index (χ2v) is 5.41. The van der Waals surface area contributed by atoms with Crippen LogP contribution in [0.5, 0.6) is 0 Å². The Bertz CT molecular complexity index is 671. The number of nitrogens with zero attached hydrogens (tertiary/aromatic N) is 3. The number of halogens is 3. The highest BCUT2D eigenvalue weighted by molar-refractivity contribution is 7.15. The van der Waals surface area contributed by atoms with E-state index in [4.69, 9.17) is 4.84 Å². The van der Waals surface area contributed by atoms with Gasteiger partial charge in [0.05, 0.1) is 18.5 Å². The van der Waals surface area contributed by atoms with Crippen LogP contribution in [0.2, 0.25) is 0 Å². The molecule has 0 saturated heterocycles. The quantitative estimate of drug-likeness (QED) is 0.839. The van der Waals surface area contributed by atoms with E-state index < -0.39 is 18.1 Å². The number of carbonyl (C=O) groups excluding carboxylic acids is 1. The number of hydroxylamine groups is 2. The molecule has 0 bridgehead atoms. The maximum Gasteiger partial charge on any atom is 0.471 e. The zero-order valence-corrected chi connectivity index (χ0v) is 13.0. The van der Waals surface area contributed by atoms with Crippen LogP contribution in [0, 0.1) is 0 Å². The van der Waals surface area contributed by atoms with Gasteiger partial charge in [0.2, 0.25) is 5.82 Å². The fourth-order valence-electron chi connectivity index (χ4n) is 1.62. The SMILES string of the molecule is CCNC(=O)N(Cc1ccc(-c2noc(C(F)(F)F)n2)s1)OC. The maximum absolute atomic E-state index is 12.4. The number of amides is 2. The number of hydrogen-bond acceptors (Lipinski definition) is 6. The van der Waals surface area contributed by atoms with Gasteiger partial charge in [-0.15, -0.1) is 11.3 Å². The summed E-state index contributed by atoms with van der Waals surface area (Å²) in [5, 5.41) is 6.98. The predicted octanol–water partition coefficient (Wildman–Crippen LogP) is 2.91. The average molecular weight is 350 g/mol. The number of hydrogen-bond donors (Lipinski definition) is 1. The molecule has 2 aromatic heterocycles. The van der Waals surface area contributed by atoms with Crippen LogP contribution in [0.25, 0.3) is 10.7 Å². The highest BCUT2D eigenvalue weighted by Crippen LogP contribution is 2.32. The fourth-order valence-corrected chi connectivity index (χ4v) is 2.53. The van der Waals surface area contributed by atoms with Crippen molar-refractivity contribution in [2.24, 2.45) is 0 Å². The van der Waals surface area contributed by atoms with Gasteiger partial charge in [-0.2, -0.15) is 23.2 Å². The van der Waals surface area contributed by atoms with Crippen molar-refractivity contribution in [1.82, 2.24) is 20.5 Å². The van der Waals surface area contributed by atoms with Crippen molar-refractivity contribution in [2.45, 2.75) is 19.6 Å². The molecule has 2 rings (SSSR count). The zero-order valence-electron chi connectivity index (χ0n) is 12.2. The Morgan fingerprint density at radius 3 is 2.78 bits per heavy atom. The van der Waals surface area contributed by atoms with Gasteiger partial charge in [0, 0.05) is 11.4 Å². The van der Waals surface area contributed by atoms with Crippen molar-refractivity contribution < 1.29 is 27.3 Å². The molecule has 11 heteroatoms. The molecule has 0 saturated carbocycles. The minimum absolute atomic E-state index is 0.136. The molecule has 126 valence electrons. The fraction of sp³-hybridized carbons (Fsp3) is 0.417. The van der Waals surface area contributed by atoms with Gasteiger partial charge in [-0.05, 0) is 19.1 Å². The van der Waals surface area contributed by atoms with Crippen molar-refractivity contribution >= 4 is 17.4 Å². The molecule has 0 atom stereocenters. The summed E-state index contributed by atoms with van der Waals surface area (Å²) in [7, 11) is 1.35. The molecule has 2 aromatic rings. The van der Waals surface area contributed by atoms with Gasteiger partial charge in [-0.3, -0.25) is 4.84 Å². The second-order valence-electron chi connectivity index (χ2n) is 4.24. The first-order valence-electron chi connectivity index (χ1n) is 6.44. The highest BCUT2D eigenvalue weighted by atomic mass is 32.1. The van der Waals surface area contributed by atoms with Crippen molar-refractivity contribution in [2.75, 3.05) is 13.7 Å². The van der Waals surface area contributed by atoms with Crippen LogP contribution in [0.15, 0.2) is 16.7 Å². The Labute approximate surface area is 133 Å². The smallest absolute Gasteiger partial charge is 0.336 e. The van der Waals surface area contributed by atoms with Gasteiger partial charge in [0.25, 0.3) is 0 Å². The van der Waals surface area contributed by atoms with E-state index in [2.05, 4.69) is 20.0 Å². The van der Waals surface area contributed by atoms with Crippen LogP contribution in [0.3, 0.4) is 0 Å². The van der Waals surface area contributed by atoms with Crippen molar-refractivity contribution in [3.63, 3.8) is 0 Å². The molecule has 1 N–H and O–H groups in total. The number of thiophene rings is 1. The first kappa shape index (κ1) is 17.2. The standard InChI is InChI=1S/C12H13F3N4O3S/c1-3-16-11(20)19(21-2)6-7-4-5-8(23-7)9-17-10(22-18-9)12(13,14)15/h4-5H,3,6H2,1-2H3,(H,16,20). The van der Waals surface area contributed by atoms with Crippen LogP contribution in [0.4, 0.5) is 18.0 Å². The summed E-state index contributed by atoms with van der Waals surface area (Å²) in [6.07, 6.45) is -4.68. The Hall–Kier alpha value is -2.14. The highest BCUT2D eigenvalue weighted by Gasteiger charge is 2.38. The Balaban J connectivity index is 2.11. The number of nitrogens with one attached hydrogen (secondary N) is 1. The first-order valence-corrected chi connectivity index (χ1v) is 7.26.